The van der Waals surface area contributed by atoms with Gasteiger partial charge in [0.1, 0.15) is 5.01 Å². The minimum atomic E-state index is -0.505. The molecule has 0 radical (unpaired) electrons. The second kappa shape index (κ2) is 14.0. The quantitative estimate of drug-likeness (QED) is 0.160. The Morgan fingerprint density at radius 2 is 0.933 bits per heavy atom. The van der Waals surface area contributed by atoms with Gasteiger partial charge >= 0.3 is 0 Å². The average molecular weight is 801 g/mol. The second-order valence-corrected chi connectivity index (χ2v) is 17.6. The van der Waals surface area contributed by atoms with Gasteiger partial charge in [0.25, 0.3) is 0 Å². The van der Waals surface area contributed by atoms with Gasteiger partial charge in [-0.1, -0.05) is 170 Å². The molecule has 0 atom stereocenters. The van der Waals surface area contributed by atoms with Crippen molar-refractivity contribution in [1.82, 2.24) is 4.98 Å². The lowest BCUT2D eigenvalue weighted by Gasteiger charge is -2.35. The zero-order chi connectivity index (χ0) is 39.6. The van der Waals surface area contributed by atoms with Gasteiger partial charge in [0.05, 0.1) is 15.6 Å². The summed E-state index contributed by atoms with van der Waals surface area (Å²) in [7, 11) is 0. The van der Waals surface area contributed by atoms with E-state index in [0.29, 0.717) is 0 Å². The van der Waals surface area contributed by atoms with Gasteiger partial charge in [-0.15, -0.1) is 22.7 Å². The van der Waals surface area contributed by atoms with Gasteiger partial charge in [0.2, 0.25) is 0 Å². The summed E-state index contributed by atoms with van der Waals surface area (Å²) in [6.45, 7) is 0. The largest absolute Gasteiger partial charge is 0.310 e. The molecule has 0 unspecified atom stereocenters. The molecule has 0 bridgehead atoms. The molecule has 0 aliphatic heterocycles. The molecule has 1 aliphatic carbocycles. The summed E-state index contributed by atoms with van der Waals surface area (Å²) in [5.41, 5.74) is 14.9. The van der Waals surface area contributed by atoms with Crippen LogP contribution in [-0.4, -0.2) is 4.98 Å². The van der Waals surface area contributed by atoms with Gasteiger partial charge in [-0.25, -0.2) is 4.98 Å². The number of hydrogen-bond acceptors (Lipinski definition) is 4. The minimum absolute atomic E-state index is 0.505. The Balaban J connectivity index is 1.05. The monoisotopic (exact) mass is 800 g/mol. The van der Waals surface area contributed by atoms with Gasteiger partial charge in [0, 0.05) is 42.8 Å². The third kappa shape index (κ3) is 5.49. The highest BCUT2D eigenvalue weighted by molar-refractivity contribution is 7.25. The van der Waals surface area contributed by atoms with Gasteiger partial charge < -0.3 is 4.90 Å². The van der Waals surface area contributed by atoms with E-state index in [-0.39, 0.29) is 0 Å². The predicted octanol–water partition coefficient (Wildman–Crippen LogP) is 15.8. The lowest BCUT2D eigenvalue weighted by molar-refractivity contribution is 0.768. The maximum atomic E-state index is 5.28. The summed E-state index contributed by atoms with van der Waals surface area (Å²) in [4.78, 5) is 7.71. The molecule has 0 N–H and O–H groups in total. The summed E-state index contributed by atoms with van der Waals surface area (Å²) in [5, 5.41) is 3.61. The van der Waals surface area contributed by atoms with Gasteiger partial charge in [-0.3, -0.25) is 0 Å². The highest BCUT2D eigenvalue weighted by Gasteiger charge is 2.46. The van der Waals surface area contributed by atoms with Crippen molar-refractivity contribution in [1.29, 1.82) is 0 Å². The Kier molecular flexibility index (Phi) is 8.15. The van der Waals surface area contributed by atoms with Crippen LogP contribution in [-0.2, 0) is 5.41 Å². The minimum Gasteiger partial charge on any atom is -0.310 e. The van der Waals surface area contributed by atoms with E-state index in [9.17, 15) is 0 Å². The average Bonchev–Trinajstić information content (AvgIpc) is 4.00. The molecular formula is C56H36N2S2. The number of rotatable bonds is 7. The molecule has 0 saturated carbocycles. The van der Waals surface area contributed by atoms with E-state index in [0.717, 1.165) is 37.8 Å². The van der Waals surface area contributed by atoms with Gasteiger partial charge in [-0.05, 0) is 93.0 Å². The van der Waals surface area contributed by atoms with Crippen molar-refractivity contribution in [2.45, 2.75) is 5.41 Å². The van der Waals surface area contributed by atoms with Crippen molar-refractivity contribution in [3.8, 4) is 32.8 Å². The molecule has 11 aromatic rings. The molecule has 1 aliphatic rings. The SMILES string of the molecule is c1ccc(-c2ccc(-c3nc4cc(N(c5ccc6c(c5)C(c5ccccc5)(c5ccccc5)c5ccccc5-6)c5ccc6c(c5)sc5ccccc56)ccc4s3)cc2)cc1. The van der Waals surface area contributed by atoms with Crippen LogP contribution in [0, 0.1) is 0 Å². The molecule has 0 amide bonds. The van der Waals surface area contributed by atoms with Crippen LogP contribution in [0.2, 0.25) is 0 Å². The van der Waals surface area contributed by atoms with E-state index in [1.165, 1.54) is 64.7 Å². The number of aromatic nitrogens is 1. The number of nitrogens with zero attached hydrogens (tertiary/aromatic N) is 2. The maximum absolute atomic E-state index is 5.28. The predicted molar refractivity (Wildman–Crippen MR) is 255 cm³/mol. The van der Waals surface area contributed by atoms with E-state index >= 15 is 0 Å². The van der Waals surface area contributed by atoms with Gasteiger partial charge in [0.15, 0.2) is 0 Å². The van der Waals surface area contributed by atoms with Crippen molar-refractivity contribution in [2.24, 2.45) is 0 Å². The fourth-order valence-electron chi connectivity index (χ4n) is 9.49. The first-order valence-electron chi connectivity index (χ1n) is 20.4. The first kappa shape index (κ1) is 34.9. The van der Waals surface area contributed by atoms with Crippen molar-refractivity contribution in [3.05, 3.63) is 241 Å². The van der Waals surface area contributed by atoms with Crippen molar-refractivity contribution >= 4 is 70.1 Å². The van der Waals surface area contributed by atoms with Crippen LogP contribution >= 0.6 is 22.7 Å². The van der Waals surface area contributed by atoms with Crippen LogP contribution in [0.4, 0.5) is 17.1 Å². The number of thiophene rings is 1. The first-order valence-corrected chi connectivity index (χ1v) is 22.0. The van der Waals surface area contributed by atoms with Crippen molar-refractivity contribution in [2.75, 3.05) is 4.90 Å². The molecule has 2 nitrogen and oxygen atoms in total. The Morgan fingerprint density at radius 3 is 1.72 bits per heavy atom. The molecule has 0 spiro atoms. The molecule has 282 valence electrons. The molecule has 2 aromatic heterocycles. The van der Waals surface area contributed by atoms with Gasteiger partial charge in [-0.2, -0.15) is 0 Å². The zero-order valence-electron chi connectivity index (χ0n) is 32.5. The lowest BCUT2D eigenvalue weighted by Crippen LogP contribution is -2.28. The summed E-state index contributed by atoms with van der Waals surface area (Å²) in [5.74, 6) is 0. The van der Waals surface area contributed by atoms with E-state index in [1.807, 2.05) is 11.3 Å². The molecule has 0 saturated heterocycles. The smallest absolute Gasteiger partial charge is 0.124 e. The molecule has 60 heavy (non-hydrogen) atoms. The number of fused-ring (bicyclic) bond motifs is 7. The van der Waals surface area contributed by atoms with E-state index < -0.39 is 5.41 Å². The summed E-state index contributed by atoms with van der Waals surface area (Å²) in [6.07, 6.45) is 0. The fraction of sp³-hybridized carbons (Fsp3) is 0.0179. The fourth-order valence-corrected chi connectivity index (χ4v) is 11.6. The summed E-state index contributed by atoms with van der Waals surface area (Å²) >= 11 is 3.60. The second-order valence-electron chi connectivity index (χ2n) is 15.5. The molecule has 4 heteroatoms. The Labute approximate surface area is 356 Å². The number of anilines is 3. The van der Waals surface area contributed by atoms with Crippen molar-refractivity contribution < 1.29 is 0 Å². The number of thiazole rings is 1. The molecule has 0 fully saturated rings. The molecule has 9 aromatic carbocycles. The molecule has 2 heterocycles. The van der Waals surface area contributed by atoms with Crippen LogP contribution in [0.25, 0.3) is 63.2 Å². The summed E-state index contributed by atoms with van der Waals surface area (Å²) in [6, 6.07) is 80.0. The zero-order valence-corrected chi connectivity index (χ0v) is 34.1. The highest BCUT2D eigenvalue weighted by Crippen LogP contribution is 2.57. The third-order valence-electron chi connectivity index (χ3n) is 12.2. The van der Waals surface area contributed by atoms with Crippen LogP contribution in [0.15, 0.2) is 218 Å². The van der Waals surface area contributed by atoms with Crippen LogP contribution < -0.4 is 4.90 Å². The normalized spacial score (nSPS) is 12.8. The van der Waals surface area contributed by atoms with E-state index in [4.69, 9.17) is 4.98 Å². The van der Waals surface area contributed by atoms with Crippen LogP contribution in [0.3, 0.4) is 0 Å². The summed E-state index contributed by atoms with van der Waals surface area (Å²) < 4.78 is 3.73. The Bertz CT molecular complexity index is 3330. The Morgan fingerprint density at radius 1 is 0.367 bits per heavy atom. The topological polar surface area (TPSA) is 16.1 Å². The number of hydrogen-bond donors (Lipinski definition) is 0. The van der Waals surface area contributed by atoms with Crippen molar-refractivity contribution in [3.63, 3.8) is 0 Å². The number of benzene rings is 9. The molecule has 12 rings (SSSR count). The van der Waals surface area contributed by atoms with Crippen LogP contribution in [0.5, 0.6) is 0 Å². The van der Waals surface area contributed by atoms with Crippen LogP contribution in [0.1, 0.15) is 22.3 Å². The highest BCUT2D eigenvalue weighted by atomic mass is 32.1. The standard InChI is InChI=1S/C56H36N2S2/c1-4-14-37(15-5-1)38-24-26-39(27-25-38)55-57-51-35-43(30-33-53(51)60-55)58(44-29-32-48-47-21-11-13-23-52(47)59-54(48)36-44)42-28-31-46-45-20-10-12-22-49(45)56(50(46)34-42,40-16-6-2-7-17-40)41-18-8-3-9-19-41/h1-36H. The van der Waals surface area contributed by atoms with E-state index in [2.05, 4.69) is 223 Å². The Hall–Kier alpha value is -7.11. The van der Waals surface area contributed by atoms with E-state index in [1.54, 1.807) is 11.3 Å². The molecular weight excluding hydrogens is 765 g/mol. The lowest BCUT2D eigenvalue weighted by atomic mass is 9.67. The first-order chi connectivity index (χ1) is 29.7. The third-order valence-corrected chi connectivity index (χ3v) is 14.4. The maximum Gasteiger partial charge on any atom is 0.124 e.